The van der Waals surface area contributed by atoms with Gasteiger partial charge in [-0.3, -0.25) is 0 Å². The predicted octanol–water partition coefficient (Wildman–Crippen LogP) is 1.29. The minimum atomic E-state index is -1.33. The molecule has 3 nitrogen and oxygen atoms in total. The zero-order chi connectivity index (χ0) is 8.10. The van der Waals surface area contributed by atoms with Crippen LogP contribution < -0.4 is 0 Å². The molecule has 1 saturated heterocycles. The highest BCUT2D eigenvalue weighted by atomic mass is 27.2. The molecule has 11 heavy (non-hydrogen) atoms. The van der Waals surface area contributed by atoms with Crippen LogP contribution in [0.15, 0.2) is 0 Å². The van der Waals surface area contributed by atoms with E-state index in [1.807, 2.05) is 6.92 Å². The van der Waals surface area contributed by atoms with Crippen molar-refractivity contribution in [1.29, 1.82) is 0 Å². The van der Waals surface area contributed by atoms with Crippen LogP contribution >= 0.6 is 0 Å². The summed E-state index contributed by atoms with van der Waals surface area (Å²) in [5, 5.41) is 1.13. The minimum absolute atomic E-state index is 0.0928. The summed E-state index contributed by atoms with van der Waals surface area (Å²) in [6, 6.07) is 0. The lowest BCUT2D eigenvalue weighted by Crippen LogP contribution is -2.31. The minimum Gasteiger partial charge on any atom is -0.478 e. The van der Waals surface area contributed by atoms with Crippen molar-refractivity contribution in [2.24, 2.45) is 0 Å². The Kier molecular flexibility index (Phi) is 4.43. The summed E-state index contributed by atoms with van der Waals surface area (Å²) < 4.78 is 16.0. The SMILES string of the molecule is COC(C)[O][Al]1[CH2]CCC[O]1. The van der Waals surface area contributed by atoms with E-state index in [0.29, 0.717) is 0 Å². The number of rotatable bonds is 3. The Morgan fingerprint density at radius 2 is 2.27 bits per heavy atom. The van der Waals surface area contributed by atoms with Gasteiger partial charge in [0.05, 0.1) is 0 Å². The van der Waals surface area contributed by atoms with Gasteiger partial charge in [-0.1, -0.05) is 6.42 Å². The fourth-order valence-electron chi connectivity index (χ4n) is 1.09. The van der Waals surface area contributed by atoms with Gasteiger partial charge in [-0.25, -0.2) is 0 Å². The molecule has 0 bridgehead atoms. The molecule has 0 aromatic rings. The first-order valence-electron chi connectivity index (χ1n) is 4.13. The second-order valence-corrected chi connectivity index (χ2v) is 4.78. The quantitative estimate of drug-likeness (QED) is 0.476. The van der Waals surface area contributed by atoms with Gasteiger partial charge in [0.25, 0.3) is 0 Å². The van der Waals surface area contributed by atoms with E-state index in [1.54, 1.807) is 7.11 Å². The number of hydrogen-bond acceptors (Lipinski definition) is 3. The first kappa shape index (κ1) is 9.50. The van der Waals surface area contributed by atoms with Gasteiger partial charge in [-0.2, -0.15) is 0 Å². The molecule has 0 N–H and O–H groups in total. The van der Waals surface area contributed by atoms with Crippen LogP contribution in [0, 0.1) is 0 Å². The van der Waals surface area contributed by atoms with E-state index in [4.69, 9.17) is 12.3 Å². The number of hydrogen-bond donors (Lipinski definition) is 0. The summed E-state index contributed by atoms with van der Waals surface area (Å²) in [5.74, 6) is 0. The fraction of sp³-hybridized carbons (Fsp3) is 1.00. The molecule has 0 aromatic heterocycles. The molecule has 1 aliphatic heterocycles. The van der Waals surface area contributed by atoms with E-state index in [9.17, 15) is 0 Å². The van der Waals surface area contributed by atoms with Crippen LogP contribution in [-0.4, -0.2) is 34.8 Å². The molecular weight excluding hydrogens is 159 g/mol. The molecule has 1 unspecified atom stereocenters. The van der Waals surface area contributed by atoms with Crippen LogP contribution in [0.25, 0.3) is 0 Å². The maximum atomic E-state index is 5.53. The molecule has 0 aromatic carbocycles. The Morgan fingerprint density at radius 1 is 1.45 bits per heavy atom. The van der Waals surface area contributed by atoms with Gasteiger partial charge in [0, 0.05) is 13.7 Å². The van der Waals surface area contributed by atoms with Crippen molar-refractivity contribution in [3.63, 3.8) is 0 Å². The first-order chi connectivity index (χ1) is 5.33. The third-order valence-electron chi connectivity index (χ3n) is 1.81. The average molecular weight is 174 g/mol. The zero-order valence-corrected chi connectivity index (χ0v) is 8.36. The molecule has 1 heterocycles. The van der Waals surface area contributed by atoms with Crippen LogP contribution in [0.3, 0.4) is 0 Å². The van der Waals surface area contributed by atoms with E-state index >= 15 is 0 Å². The van der Waals surface area contributed by atoms with Crippen molar-refractivity contribution in [3.8, 4) is 0 Å². The molecule has 1 fully saturated rings. The zero-order valence-electron chi connectivity index (χ0n) is 7.21. The maximum Gasteiger partial charge on any atom is 0.676 e. The molecule has 0 radical (unpaired) electrons. The van der Waals surface area contributed by atoms with Crippen molar-refractivity contribution in [3.05, 3.63) is 0 Å². The van der Waals surface area contributed by atoms with Gasteiger partial charge in [0.2, 0.25) is 0 Å². The summed E-state index contributed by atoms with van der Waals surface area (Å²) >= 11 is -1.33. The van der Waals surface area contributed by atoms with Crippen LogP contribution in [0.1, 0.15) is 19.8 Å². The van der Waals surface area contributed by atoms with Gasteiger partial charge in [-0.05, 0) is 18.6 Å². The van der Waals surface area contributed by atoms with Crippen LogP contribution in [0.2, 0.25) is 5.28 Å². The van der Waals surface area contributed by atoms with E-state index in [0.717, 1.165) is 11.9 Å². The summed E-state index contributed by atoms with van der Waals surface area (Å²) in [6.45, 7) is 2.79. The van der Waals surface area contributed by atoms with Gasteiger partial charge in [0.15, 0.2) is 0 Å². The highest BCUT2D eigenvalue weighted by molar-refractivity contribution is 6.44. The van der Waals surface area contributed by atoms with Crippen molar-refractivity contribution in [2.45, 2.75) is 31.3 Å². The standard InChI is InChI=1S/C4H8O.C3H7O2.Al/c1-2-3-4-5;1-3(4)5-2;/h1-4H2;3H,1-2H3;/q2*-1;+2. The van der Waals surface area contributed by atoms with E-state index in [1.165, 1.54) is 12.8 Å². The number of methoxy groups -OCH3 is 1. The molecule has 1 rings (SSSR count). The Labute approximate surface area is 72.7 Å². The molecule has 0 saturated carbocycles. The summed E-state index contributed by atoms with van der Waals surface area (Å²) in [4.78, 5) is 0. The van der Waals surface area contributed by atoms with Crippen LogP contribution in [-0.2, 0) is 12.3 Å². The Bertz CT molecular complexity index is 104. The number of ether oxygens (including phenoxy) is 1. The summed E-state index contributed by atoms with van der Waals surface area (Å²) in [6.07, 6.45) is 2.35. The lowest BCUT2D eigenvalue weighted by Gasteiger charge is -2.21. The van der Waals surface area contributed by atoms with Gasteiger partial charge < -0.3 is 12.3 Å². The topological polar surface area (TPSA) is 27.7 Å². The van der Waals surface area contributed by atoms with E-state index in [2.05, 4.69) is 0 Å². The normalized spacial score (nSPS) is 21.8. The molecular formula is C7H15AlO3. The Hall–Kier alpha value is 0.412. The fourth-order valence-corrected chi connectivity index (χ4v) is 3.06. The second kappa shape index (κ2) is 5.13. The molecule has 4 heteroatoms. The Morgan fingerprint density at radius 3 is 2.82 bits per heavy atom. The van der Waals surface area contributed by atoms with E-state index in [-0.39, 0.29) is 6.29 Å². The average Bonchev–Trinajstić information content (AvgIpc) is 2.06. The molecule has 0 aliphatic carbocycles. The van der Waals surface area contributed by atoms with Crippen molar-refractivity contribution >= 4 is 14.8 Å². The van der Waals surface area contributed by atoms with E-state index < -0.39 is 14.8 Å². The van der Waals surface area contributed by atoms with Gasteiger partial charge >= 0.3 is 14.8 Å². The smallest absolute Gasteiger partial charge is 0.478 e. The lowest BCUT2D eigenvalue weighted by molar-refractivity contribution is -0.0571. The highest BCUT2D eigenvalue weighted by Crippen LogP contribution is 2.12. The molecule has 1 atom stereocenters. The Balaban J connectivity index is 2.13. The van der Waals surface area contributed by atoms with Crippen LogP contribution in [0.5, 0.6) is 0 Å². The summed E-state index contributed by atoms with van der Waals surface area (Å²) in [7, 11) is 1.65. The maximum absolute atomic E-state index is 5.53. The molecule has 64 valence electrons. The van der Waals surface area contributed by atoms with Crippen molar-refractivity contribution < 1.29 is 12.3 Å². The third-order valence-corrected chi connectivity index (χ3v) is 3.99. The third kappa shape index (κ3) is 3.55. The first-order valence-corrected chi connectivity index (χ1v) is 5.88. The second-order valence-electron chi connectivity index (χ2n) is 2.74. The highest BCUT2D eigenvalue weighted by Gasteiger charge is 2.29. The molecule has 0 spiro atoms. The van der Waals surface area contributed by atoms with Gasteiger partial charge in [-0.15, -0.1) is 0 Å². The van der Waals surface area contributed by atoms with Crippen molar-refractivity contribution in [1.82, 2.24) is 0 Å². The molecule has 0 amide bonds. The van der Waals surface area contributed by atoms with Crippen molar-refractivity contribution in [2.75, 3.05) is 13.7 Å². The lowest BCUT2D eigenvalue weighted by atomic mass is 10.4. The van der Waals surface area contributed by atoms with Gasteiger partial charge in [0.1, 0.15) is 6.29 Å². The van der Waals surface area contributed by atoms with Crippen LogP contribution in [0.4, 0.5) is 0 Å². The predicted molar refractivity (Wildman–Crippen MR) is 43.3 cm³/mol. The monoisotopic (exact) mass is 174 g/mol. The molecule has 1 aliphatic rings. The largest absolute Gasteiger partial charge is 0.676 e. The summed E-state index contributed by atoms with van der Waals surface area (Å²) in [5.41, 5.74) is 0.